The number of nitrogens with one attached hydrogen (secondary N) is 2. The highest BCUT2D eigenvalue weighted by Gasteiger charge is 2.13. The van der Waals surface area contributed by atoms with E-state index in [0.717, 1.165) is 12.2 Å². The molecule has 2 aromatic rings. The zero-order valence-electron chi connectivity index (χ0n) is 15.6. The molecule has 2 amide bonds. The van der Waals surface area contributed by atoms with Crippen molar-refractivity contribution in [3.05, 3.63) is 53.9 Å². The smallest absolute Gasteiger partial charge is 0.270 e. The van der Waals surface area contributed by atoms with Crippen molar-refractivity contribution in [2.24, 2.45) is 0 Å². The van der Waals surface area contributed by atoms with Crippen LogP contribution in [0, 0.1) is 0 Å². The number of hydrogen-bond donors (Lipinski definition) is 2. The average Bonchev–Trinajstić information content (AvgIpc) is 2.62. The molecule has 6 nitrogen and oxygen atoms in total. The van der Waals surface area contributed by atoms with E-state index < -0.39 is 0 Å². The molecule has 0 fully saturated rings. The lowest BCUT2D eigenvalue weighted by molar-refractivity contribution is 0.0934. The lowest BCUT2D eigenvalue weighted by Gasteiger charge is -2.12. The summed E-state index contributed by atoms with van der Waals surface area (Å²) in [6.07, 6.45) is 2.37. The fourth-order valence-corrected chi connectivity index (χ4v) is 2.19. The third-order valence-corrected chi connectivity index (χ3v) is 3.73. The molecule has 26 heavy (non-hydrogen) atoms. The monoisotopic (exact) mass is 355 g/mol. The molecule has 1 unspecified atom stereocenters. The van der Waals surface area contributed by atoms with Gasteiger partial charge in [-0.3, -0.25) is 14.6 Å². The number of pyridine rings is 1. The SMILES string of the molecule is CCC(C)NC(=O)c1cc(C(=O)Nc2ccc(OC(C)C)cc2)ccn1. The number of aromatic nitrogens is 1. The Morgan fingerprint density at radius 1 is 1.08 bits per heavy atom. The third-order valence-electron chi connectivity index (χ3n) is 3.73. The Balaban J connectivity index is 2.05. The van der Waals surface area contributed by atoms with Gasteiger partial charge in [0.1, 0.15) is 11.4 Å². The molecular formula is C20H25N3O3. The zero-order valence-corrected chi connectivity index (χ0v) is 15.6. The molecule has 1 aromatic carbocycles. The van der Waals surface area contributed by atoms with Crippen LogP contribution in [0.2, 0.25) is 0 Å². The molecule has 1 aromatic heterocycles. The molecule has 0 aliphatic heterocycles. The van der Waals surface area contributed by atoms with Gasteiger partial charge in [-0.2, -0.15) is 0 Å². The molecule has 0 saturated carbocycles. The second kappa shape index (κ2) is 8.99. The van der Waals surface area contributed by atoms with Gasteiger partial charge in [-0.15, -0.1) is 0 Å². The minimum Gasteiger partial charge on any atom is -0.491 e. The first-order chi connectivity index (χ1) is 12.4. The molecule has 2 N–H and O–H groups in total. The maximum absolute atomic E-state index is 12.4. The Labute approximate surface area is 154 Å². The van der Waals surface area contributed by atoms with Crippen LogP contribution >= 0.6 is 0 Å². The van der Waals surface area contributed by atoms with E-state index in [1.165, 1.54) is 12.3 Å². The van der Waals surface area contributed by atoms with Crippen LogP contribution < -0.4 is 15.4 Å². The van der Waals surface area contributed by atoms with Crippen LogP contribution in [0.15, 0.2) is 42.6 Å². The van der Waals surface area contributed by atoms with Crippen molar-refractivity contribution in [1.29, 1.82) is 0 Å². The molecule has 0 radical (unpaired) electrons. The van der Waals surface area contributed by atoms with Crippen molar-refractivity contribution >= 4 is 17.5 Å². The summed E-state index contributed by atoms with van der Waals surface area (Å²) in [6, 6.07) is 10.3. The summed E-state index contributed by atoms with van der Waals surface area (Å²) in [5.41, 5.74) is 1.24. The molecule has 0 aliphatic rings. The number of rotatable bonds is 7. The molecule has 0 saturated heterocycles. The number of carbonyl (C=O) groups excluding carboxylic acids is 2. The van der Waals surface area contributed by atoms with Crippen molar-refractivity contribution < 1.29 is 14.3 Å². The van der Waals surface area contributed by atoms with E-state index in [1.54, 1.807) is 30.3 Å². The Kier molecular flexibility index (Phi) is 6.72. The topological polar surface area (TPSA) is 80.3 Å². The van der Waals surface area contributed by atoms with Gasteiger partial charge in [0, 0.05) is 23.5 Å². The summed E-state index contributed by atoms with van der Waals surface area (Å²) in [6.45, 7) is 7.81. The molecule has 1 heterocycles. The summed E-state index contributed by atoms with van der Waals surface area (Å²) in [7, 11) is 0. The van der Waals surface area contributed by atoms with Crippen molar-refractivity contribution in [2.45, 2.75) is 46.3 Å². The summed E-state index contributed by atoms with van der Waals surface area (Å²) in [5, 5.41) is 5.64. The highest BCUT2D eigenvalue weighted by Crippen LogP contribution is 2.17. The first-order valence-corrected chi connectivity index (χ1v) is 8.74. The van der Waals surface area contributed by atoms with Gasteiger partial charge in [0.2, 0.25) is 0 Å². The molecular weight excluding hydrogens is 330 g/mol. The molecule has 1 atom stereocenters. The maximum Gasteiger partial charge on any atom is 0.270 e. The van der Waals surface area contributed by atoms with Gasteiger partial charge in [0.15, 0.2) is 0 Å². The van der Waals surface area contributed by atoms with Crippen molar-refractivity contribution in [1.82, 2.24) is 10.3 Å². The molecule has 0 aliphatic carbocycles. The number of anilines is 1. The van der Waals surface area contributed by atoms with E-state index in [4.69, 9.17) is 4.74 Å². The fourth-order valence-electron chi connectivity index (χ4n) is 2.19. The van der Waals surface area contributed by atoms with E-state index in [-0.39, 0.29) is 29.7 Å². The second-order valence-electron chi connectivity index (χ2n) is 6.36. The van der Waals surface area contributed by atoms with Crippen LogP contribution in [0.4, 0.5) is 5.69 Å². The van der Waals surface area contributed by atoms with Gasteiger partial charge in [-0.1, -0.05) is 6.92 Å². The molecule has 0 bridgehead atoms. The van der Waals surface area contributed by atoms with Gasteiger partial charge in [0.05, 0.1) is 6.10 Å². The Morgan fingerprint density at radius 3 is 2.38 bits per heavy atom. The van der Waals surface area contributed by atoms with Crippen LogP contribution in [0.5, 0.6) is 5.75 Å². The molecule has 2 rings (SSSR count). The van der Waals surface area contributed by atoms with E-state index in [9.17, 15) is 9.59 Å². The number of ether oxygens (including phenoxy) is 1. The first kappa shape index (κ1) is 19.4. The Hall–Kier alpha value is -2.89. The number of hydrogen-bond acceptors (Lipinski definition) is 4. The van der Waals surface area contributed by atoms with Crippen LogP contribution in [-0.2, 0) is 0 Å². The van der Waals surface area contributed by atoms with Gasteiger partial charge < -0.3 is 15.4 Å². The van der Waals surface area contributed by atoms with E-state index in [1.807, 2.05) is 27.7 Å². The van der Waals surface area contributed by atoms with Crippen molar-refractivity contribution in [3.8, 4) is 5.75 Å². The largest absolute Gasteiger partial charge is 0.491 e. The fraction of sp³-hybridized carbons (Fsp3) is 0.350. The molecule has 138 valence electrons. The molecule has 6 heteroatoms. The zero-order chi connectivity index (χ0) is 19.1. The van der Waals surface area contributed by atoms with E-state index in [2.05, 4.69) is 15.6 Å². The van der Waals surface area contributed by atoms with Crippen molar-refractivity contribution in [3.63, 3.8) is 0 Å². The number of nitrogens with zero attached hydrogens (tertiary/aromatic N) is 1. The lowest BCUT2D eigenvalue weighted by atomic mass is 10.2. The van der Waals surface area contributed by atoms with Crippen molar-refractivity contribution in [2.75, 3.05) is 5.32 Å². The van der Waals surface area contributed by atoms with Crippen LogP contribution in [-0.4, -0.2) is 28.9 Å². The molecule has 0 spiro atoms. The quantitative estimate of drug-likeness (QED) is 0.794. The van der Waals surface area contributed by atoms with Gasteiger partial charge in [0.25, 0.3) is 11.8 Å². The van der Waals surface area contributed by atoms with Gasteiger partial charge in [-0.05, 0) is 63.6 Å². The lowest BCUT2D eigenvalue weighted by Crippen LogP contribution is -2.32. The van der Waals surface area contributed by atoms with Gasteiger partial charge in [-0.25, -0.2) is 0 Å². The van der Waals surface area contributed by atoms with Crippen LogP contribution in [0.25, 0.3) is 0 Å². The Bertz CT molecular complexity index is 757. The standard InChI is InChI=1S/C20H25N3O3/c1-5-14(4)22-20(25)18-12-15(10-11-21-18)19(24)23-16-6-8-17(9-7-16)26-13(2)3/h6-14H,5H2,1-4H3,(H,22,25)(H,23,24). The highest BCUT2D eigenvalue weighted by molar-refractivity contribution is 6.05. The summed E-state index contributed by atoms with van der Waals surface area (Å²) in [4.78, 5) is 28.6. The second-order valence-corrected chi connectivity index (χ2v) is 6.36. The predicted octanol–water partition coefficient (Wildman–Crippen LogP) is 3.65. The minimum atomic E-state index is -0.303. The van der Waals surface area contributed by atoms with E-state index >= 15 is 0 Å². The highest BCUT2D eigenvalue weighted by atomic mass is 16.5. The number of carbonyl (C=O) groups is 2. The summed E-state index contributed by atoms with van der Waals surface area (Å²) in [5.74, 6) is 0.151. The number of benzene rings is 1. The Morgan fingerprint density at radius 2 is 1.77 bits per heavy atom. The predicted molar refractivity (Wildman–Crippen MR) is 102 cm³/mol. The minimum absolute atomic E-state index is 0.0494. The summed E-state index contributed by atoms with van der Waals surface area (Å²) >= 11 is 0. The number of amides is 2. The first-order valence-electron chi connectivity index (χ1n) is 8.74. The van der Waals surface area contributed by atoms with Crippen LogP contribution in [0.3, 0.4) is 0 Å². The third kappa shape index (κ3) is 5.58. The summed E-state index contributed by atoms with van der Waals surface area (Å²) < 4.78 is 5.58. The normalized spacial score (nSPS) is 11.7. The maximum atomic E-state index is 12.4. The van der Waals surface area contributed by atoms with Crippen LogP contribution in [0.1, 0.15) is 55.0 Å². The average molecular weight is 355 g/mol. The van der Waals surface area contributed by atoms with E-state index in [0.29, 0.717) is 11.3 Å². The van der Waals surface area contributed by atoms with Gasteiger partial charge >= 0.3 is 0 Å².